The van der Waals surface area contributed by atoms with Crippen molar-refractivity contribution >= 4 is 36.2 Å². The summed E-state index contributed by atoms with van der Waals surface area (Å²) in [6, 6.07) is 19.4. The molecule has 2 fully saturated rings. The lowest BCUT2D eigenvalue weighted by Gasteiger charge is -2.19. The number of amides is 1. The number of aliphatic hydroxyl groups is 6. The summed E-state index contributed by atoms with van der Waals surface area (Å²) in [4.78, 5) is 34.7. The van der Waals surface area contributed by atoms with Gasteiger partial charge in [-0.2, -0.15) is 0 Å². The lowest BCUT2D eigenvalue weighted by Crippen LogP contribution is -2.78. The summed E-state index contributed by atoms with van der Waals surface area (Å²) in [5, 5.41) is 85.1. The molecule has 0 radical (unpaired) electrons. The number of halogens is 1. The van der Waals surface area contributed by atoms with Crippen molar-refractivity contribution in [1.82, 2.24) is 5.32 Å². The smallest absolute Gasteiger partial charge is 0.338 e. The molecule has 11 atom stereocenters. The minimum absolute atomic E-state index is 0. The number of hydrogen-bond donors (Lipinski definition) is 11. The van der Waals surface area contributed by atoms with Gasteiger partial charge in [0.15, 0.2) is 0 Å². The molecule has 0 aliphatic heterocycles. The molecule has 17 heteroatoms. The maximum Gasteiger partial charge on any atom is 0.338 e. The van der Waals surface area contributed by atoms with Crippen LogP contribution in [0, 0.1) is 23.7 Å². The summed E-state index contributed by atoms with van der Waals surface area (Å²) in [6.07, 6.45) is 20.9. The summed E-state index contributed by atoms with van der Waals surface area (Å²) in [7, 11) is 0. The Morgan fingerprint density at radius 2 is 1.15 bits per heavy atom. The molecule has 0 bridgehead atoms. The predicted octanol–water partition coefficient (Wildman–Crippen LogP) is 0.447. The Balaban J connectivity index is 0.00000112. The number of aryl methyl sites for hydroxylation is 2. The van der Waals surface area contributed by atoms with Gasteiger partial charge in [0.2, 0.25) is 5.91 Å². The molecule has 0 heterocycles. The van der Waals surface area contributed by atoms with Gasteiger partial charge < -0.3 is 61.5 Å². The van der Waals surface area contributed by atoms with Crippen LogP contribution in [0.4, 0.5) is 0 Å². The third-order valence-electron chi connectivity index (χ3n) is 12.5. The lowest BCUT2D eigenvalue weighted by atomic mass is 9.89. The van der Waals surface area contributed by atoms with Gasteiger partial charge in [0.05, 0.1) is 49.1 Å². The molecule has 2 aliphatic rings. The van der Waals surface area contributed by atoms with Crippen LogP contribution >= 0.6 is 12.4 Å². The fraction of sp³-hybridized carbons (Fsp3) is 0.564. The standard InChI is InChI=1S/C25H37NO4.C23H32O5.C6H14N4O2.CH4.ClH/c1-2-26-25(30)13-9-4-3-8-12-21-22(24(29)18-23(21)28)17-16-20(27)15-14-19-10-6-5-7-11-19;24-18(13-12-17-8-4-3-5-9-17)14-15-20-19(21(25)16-22(20)26)10-6-1-2-7-11-23(27)28;7-4(5(11)12)2-1-3-10-6(8)9;;/h3,5-8,10-11,16-17,20-24,27-29H,2,4,9,12-15,18H2,1H3,(H,26,30);1,3-6,8-9,14-15,18-22,24-26H,2,7,10-13,16H2,(H,27,28);4H,1-3,7H2,(H,11,12)(H4,8,9,10);1H4;1H/b8-3-,17-16+;6-1-,15-14+;;;/t20-,21+,22+,23-,24+;18-,19+,20+,21-,22+;4-;;/m000../s1. The Morgan fingerprint density at radius 3 is 1.56 bits per heavy atom. The number of unbranched alkanes of at least 4 members (excludes halogenated alkanes) is 2. The van der Waals surface area contributed by atoms with Crippen LogP contribution < -0.4 is 37.7 Å². The van der Waals surface area contributed by atoms with Crippen LogP contribution in [0.1, 0.15) is 115 Å². The molecule has 72 heavy (non-hydrogen) atoms. The minimum Gasteiger partial charge on any atom is -0.550 e. The molecule has 2 aliphatic carbocycles. The third kappa shape index (κ3) is 29.6. The van der Waals surface area contributed by atoms with Gasteiger partial charge in [-0.25, -0.2) is 0 Å². The topological polar surface area (TPSA) is 324 Å². The molecule has 0 unspecified atom stereocenters. The number of rotatable bonds is 28. The quantitative estimate of drug-likeness (QED) is 0.0239. The van der Waals surface area contributed by atoms with E-state index < -0.39 is 54.6 Å². The van der Waals surface area contributed by atoms with Gasteiger partial charge in [-0.3, -0.25) is 21.3 Å². The van der Waals surface area contributed by atoms with Gasteiger partial charge in [-0.15, -0.1) is 12.4 Å². The van der Waals surface area contributed by atoms with Crippen LogP contribution in [0.15, 0.2) is 109 Å². The van der Waals surface area contributed by atoms with Crippen molar-refractivity contribution in [2.24, 2.45) is 35.1 Å². The normalized spacial score (nSPS) is 22.7. The van der Waals surface area contributed by atoms with E-state index in [1.807, 2.05) is 104 Å². The fourth-order valence-corrected chi connectivity index (χ4v) is 8.51. The Kier molecular flexibility index (Phi) is 36.9. The van der Waals surface area contributed by atoms with Crippen molar-refractivity contribution in [1.29, 1.82) is 0 Å². The number of carboxylic acid groups (broad SMARTS) is 2. The zero-order valence-corrected chi connectivity index (χ0v) is 42.3. The minimum atomic E-state index is -1.13. The number of quaternary nitrogens is 1. The van der Waals surface area contributed by atoms with Crippen molar-refractivity contribution in [3.8, 4) is 0 Å². The number of guanidine groups is 1. The Hall–Kier alpha value is -4.91. The number of aliphatic hydroxyl groups excluding tert-OH is 6. The van der Waals surface area contributed by atoms with E-state index in [1.165, 1.54) is 11.1 Å². The lowest BCUT2D eigenvalue weighted by molar-refractivity contribution is -0.466. The molecule has 2 aromatic carbocycles. The van der Waals surface area contributed by atoms with Crippen molar-refractivity contribution in [2.75, 3.05) is 13.1 Å². The first-order chi connectivity index (χ1) is 33.5. The van der Waals surface area contributed by atoms with Crippen LogP contribution in [0.5, 0.6) is 0 Å². The van der Waals surface area contributed by atoms with Gasteiger partial charge in [0.25, 0.3) is 0 Å². The number of benzene rings is 2. The van der Waals surface area contributed by atoms with Gasteiger partial charge in [-0.1, -0.05) is 117 Å². The highest BCUT2D eigenvalue weighted by atomic mass is 35.5. The number of hydrogen-bond acceptors (Lipinski definition) is 11. The number of nitrogens with two attached hydrogens (primary N) is 2. The fourth-order valence-electron chi connectivity index (χ4n) is 8.51. The highest BCUT2D eigenvalue weighted by Crippen LogP contribution is 2.37. The average molecular weight is 1030 g/mol. The molecule has 15 N–H and O–H groups in total. The van der Waals surface area contributed by atoms with E-state index in [9.17, 15) is 55.2 Å². The molecule has 406 valence electrons. The van der Waals surface area contributed by atoms with Crippen molar-refractivity contribution in [3.05, 3.63) is 120 Å². The van der Waals surface area contributed by atoms with Gasteiger partial charge in [-0.05, 0) is 107 Å². The van der Waals surface area contributed by atoms with E-state index in [4.69, 9.17) is 11.5 Å². The van der Waals surface area contributed by atoms with Gasteiger partial charge in [0, 0.05) is 50.0 Å². The maximum absolute atomic E-state index is 11.4. The Labute approximate surface area is 434 Å². The molecular weight excluding hydrogens is 942 g/mol. The predicted molar refractivity (Wildman–Crippen MR) is 280 cm³/mol. The Bertz CT molecular complexity index is 1900. The number of carbonyl (C=O) groups excluding carboxylic acids is 3. The summed E-state index contributed by atoms with van der Waals surface area (Å²) < 4.78 is 0. The second kappa shape index (κ2) is 39.6. The van der Waals surface area contributed by atoms with E-state index in [-0.39, 0.29) is 61.8 Å². The molecule has 2 saturated carbocycles. The number of carboxylic acids is 2. The highest BCUT2D eigenvalue weighted by Gasteiger charge is 2.40. The summed E-state index contributed by atoms with van der Waals surface area (Å²) in [5.74, 6) is -2.47. The van der Waals surface area contributed by atoms with Gasteiger partial charge in [0.1, 0.15) is 6.04 Å². The number of allylic oxidation sites excluding steroid dienone is 4. The van der Waals surface area contributed by atoms with Crippen molar-refractivity contribution < 1.29 is 66.0 Å². The van der Waals surface area contributed by atoms with Crippen LogP contribution in [0.25, 0.3) is 0 Å². The molecule has 2 aromatic rings. The first kappa shape index (κ1) is 67.1. The molecule has 0 spiro atoms. The molecule has 4 rings (SSSR count). The molecule has 0 aromatic heterocycles. The largest absolute Gasteiger partial charge is 0.550 e. The monoisotopic (exact) mass is 1030 g/mol. The Morgan fingerprint density at radius 1 is 0.708 bits per heavy atom. The van der Waals surface area contributed by atoms with E-state index in [0.29, 0.717) is 83.7 Å². The van der Waals surface area contributed by atoms with Crippen LogP contribution in [-0.4, -0.2) is 110 Å². The van der Waals surface area contributed by atoms with Crippen LogP contribution in [0.2, 0.25) is 0 Å². The number of aliphatic carboxylic acids is 2. The number of carbonyl (C=O) groups is 3. The van der Waals surface area contributed by atoms with Crippen LogP contribution in [-0.2, 0) is 27.2 Å². The van der Waals surface area contributed by atoms with E-state index in [2.05, 4.69) is 16.0 Å². The zero-order chi connectivity index (χ0) is 51.7. The second-order valence-electron chi connectivity index (χ2n) is 18.2. The second-order valence-corrected chi connectivity index (χ2v) is 18.2. The average Bonchev–Trinajstić information content (AvgIpc) is 3.76. The van der Waals surface area contributed by atoms with E-state index in [1.54, 1.807) is 12.2 Å². The molecule has 1 amide bonds. The molecule has 0 saturated heterocycles. The van der Waals surface area contributed by atoms with Crippen molar-refractivity contribution in [3.63, 3.8) is 0 Å². The summed E-state index contributed by atoms with van der Waals surface area (Å²) in [5.41, 5.74) is 16.0. The summed E-state index contributed by atoms with van der Waals surface area (Å²) >= 11 is 0. The molecular formula is C55H88ClN5O11. The third-order valence-corrected chi connectivity index (χ3v) is 12.5. The highest BCUT2D eigenvalue weighted by molar-refractivity contribution is 5.85. The van der Waals surface area contributed by atoms with Crippen LogP contribution in [0.3, 0.4) is 0 Å². The van der Waals surface area contributed by atoms with E-state index in [0.717, 1.165) is 25.7 Å². The van der Waals surface area contributed by atoms with E-state index >= 15 is 0 Å². The zero-order valence-electron chi connectivity index (χ0n) is 41.5. The SMILES string of the molecule is C.CCNC(=O)CCC/C=C\C[C@@H]1[C@@H](/C=C/[C@@H](O)CCc2ccccc2)[C@H](O)C[C@@H]1O.Cl.NC(N)=[NH+]CCC[C@H]([NH3+])C(=O)[O-].O=C([O-])CCC/C=C\C[C@@H]1[C@@H](/C=C/[C@@H](O)CCc2ccccc2)[C@H](O)C[C@@H]1O. The number of nitrogens with one attached hydrogen (secondary N) is 2. The maximum atomic E-state index is 11.4. The summed E-state index contributed by atoms with van der Waals surface area (Å²) in [6.45, 7) is 3.13. The van der Waals surface area contributed by atoms with Gasteiger partial charge >= 0.3 is 5.96 Å². The first-order valence-corrected chi connectivity index (χ1v) is 25.0. The van der Waals surface area contributed by atoms with Crippen molar-refractivity contribution in [2.45, 2.75) is 160 Å². The molecule has 16 nitrogen and oxygen atoms in total. The first-order valence-electron chi connectivity index (χ1n) is 25.0.